The van der Waals surface area contributed by atoms with E-state index < -0.39 is 15.9 Å². The van der Waals surface area contributed by atoms with Crippen LogP contribution >= 0.6 is 15.9 Å². The number of nitrogens with two attached hydrogens (primary N) is 1. The van der Waals surface area contributed by atoms with Gasteiger partial charge in [-0.05, 0) is 41.1 Å². The zero-order valence-corrected chi connectivity index (χ0v) is 13.4. The van der Waals surface area contributed by atoms with E-state index in [-0.39, 0.29) is 27.5 Å². The molecule has 2 fully saturated rings. The molecule has 1 aliphatic heterocycles. The lowest BCUT2D eigenvalue weighted by molar-refractivity contribution is 0.0716. The van der Waals surface area contributed by atoms with E-state index >= 15 is 0 Å². The van der Waals surface area contributed by atoms with E-state index in [9.17, 15) is 13.2 Å². The molecular formula is C12H15BrN2O5S. The van der Waals surface area contributed by atoms with Gasteiger partial charge in [0.05, 0.1) is 12.1 Å². The van der Waals surface area contributed by atoms with E-state index in [1.807, 2.05) is 0 Å². The predicted octanol–water partition coefficient (Wildman–Crippen LogP) is 0.987. The Balaban J connectivity index is 1.73. The number of rotatable bonds is 4. The molecule has 1 saturated carbocycles. The molecule has 3 N–H and O–H groups in total. The van der Waals surface area contributed by atoms with Gasteiger partial charge in [-0.1, -0.05) is 0 Å². The van der Waals surface area contributed by atoms with Crippen LogP contribution in [0.25, 0.3) is 0 Å². The van der Waals surface area contributed by atoms with Gasteiger partial charge in [0.2, 0.25) is 10.0 Å². The minimum absolute atomic E-state index is 0.0464. The van der Waals surface area contributed by atoms with Crippen molar-refractivity contribution in [3.05, 3.63) is 16.5 Å². The number of hydrogen-bond acceptors (Lipinski definition) is 5. The molecule has 2 atom stereocenters. The lowest BCUT2D eigenvalue weighted by Crippen LogP contribution is -2.41. The summed E-state index contributed by atoms with van der Waals surface area (Å²) in [6.45, 7) is 0.621. The lowest BCUT2D eigenvalue weighted by Gasteiger charge is -2.18. The summed E-state index contributed by atoms with van der Waals surface area (Å²) in [6, 6.07) is 1.06. The molecule has 7 nitrogen and oxygen atoms in total. The predicted molar refractivity (Wildman–Crippen MR) is 76.1 cm³/mol. The maximum Gasteiger partial charge on any atom is 0.287 e. The van der Waals surface area contributed by atoms with Crippen molar-refractivity contribution in [1.82, 2.24) is 5.32 Å². The van der Waals surface area contributed by atoms with E-state index in [4.69, 9.17) is 14.3 Å². The number of amides is 1. The molecule has 0 radical (unpaired) electrons. The van der Waals surface area contributed by atoms with E-state index in [0.29, 0.717) is 12.5 Å². The number of nitrogens with one attached hydrogen (secondary N) is 1. The van der Waals surface area contributed by atoms with Gasteiger partial charge in [-0.25, -0.2) is 13.6 Å². The Morgan fingerprint density at radius 3 is 2.67 bits per heavy atom. The number of carbonyl (C=O) groups is 1. The largest absolute Gasteiger partial charge is 0.443 e. The van der Waals surface area contributed by atoms with Gasteiger partial charge in [0, 0.05) is 12.7 Å². The standard InChI is InChI=1S/C12H15BrN2O5S/c13-11-9(21(14,17)18)5-8(20-11)12(16)15-7-3-4-19-10(7)6-1-2-6/h5-7,10H,1-4H2,(H,15,16)(H2,14,17,18). The summed E-state index contributed by atoms with van der Waals surface area (Å²) in [5, 5.41) is 7.88. The number of sulfonamides is 1. The Labute approximate surface area is 130 Å². The highest BCUT2D eigenvalue weighted by Crippen LogP contribution is 2.38. The third-order valence-electron chi connectivity index (χ3n) is 3.72. The fourth-order valence-corrected chi connectivity index (χ4v) is 4.06. The van der Waals surface area contributed by atoms with E-state index in [0.717, 1.165) is 25.3 Å². The second-order valence-electron chi connectivity index (χ2n) is 5.34. The topological polar surface area (TPSA) is 112 Å². The van der Waals surface area contributed by atoms with Crippen LogP contribution < -0.4 is 10.5 Å². The van der Waals surface area contributed by atoms with E-state index in [1.54, 1.807) is 0 Å². The van der Waals surface area contributed by atoms with Gasteiger partial charge < -0.3 is 14.5 Å². The molecule has 2 unspecified atom stereocenters. The quantitative estimate of drug-likeness (QED) is 0.810. The van der Waals surface area contributed by atoms with Gasteiger partial charge in [0.15, 0.2) is 10.4 Å². The molecule has 9 heteroatoms. The zero-order valence-electron chi connectivity index (χ0n) is 11.0. The number of carbonyl (C=O) groups excluding carboxylic acids is 1. The molecular weight excluding hydrogens is 364 g/mol. The highest BCUT2D eigenvalue weighted by atomic mass is 79.9. The summed E-state index contributed by atoms with van der Waals surface area (Å²) in [5.41, 5.74) is 0. The van der Waals surface area contributed by atoms with Crippen LogP contribution in [0.1, 0.15) is 29.8 Å². The molecule has 2 heterocycles. The Hall–Kier alpha value is -0.900. The minimum atomic E-state index is -3.93. The first-order valence-corrected chi connectivity index (χ1v) is 8.95. The number of hydrogen-bond donors (Lipinski definition) is 2. The molecule has 1 aliphatic carbocycles. The van der Waals surface area contributed by atoms with Crippen LogP contribution in [-0.4, -0.2) is 33.1 Å². The van der Waals surface area contributed by atoms with Gasteiger partial charge in [-0.2, -0.15) is 0 Å². The monoisotopic (exact) mass is 378 g/mol. The molecule has 116 valence electrons. The van der Waals surface area contributed by atoms with Crippen LogP contribution in [-0.2, 0) is 14.8 Å². The van der Waals surface area contributed by atoms with Crippen molar-refractivity contribution >= 4 is 31.9 Å². The molecule has 1 aromatic rings. The molecule has 0 aromatic carbocycles. The SMILES string of the molecule is NS(=O)(=O)c1cc(C(=O)NC2CCOC2C2CC2)oc1Br. The minimum Gasteiger partial charge on any atom is -0.443 e. The van der Waals surface area contributed by atoms with Crippen LogP contribution in [0.2, 0.25) is 0 Å². The van der Waals surface area contributed by atoms with Crippen molar-refractivity contribution in [1.29, 1.82) is 0 Å². The zero-order chi connectivity index (χ0) is 15.2. The van der Waals surface area contributed by atoms with Gasteiger partial charge in [-0.15, -0.1) is 0 Å². The molecule has 21 heavy (non-hydrogen) atoms. The van der Waals surface area contributed by atoms with Gasteiger partial charge in [0.25, 0.3) is 5.91 Å². The molecule has 1 aromatic heterocycles. The number of ether oxygens (including phenoxy) is 1. The lowest BCUT2D eigenvalue weighted by atomic mass is 10.1. The fraction of sp³-hybridized carbons (Fsp3) is 0.583. The van der Waals surface area contributed by atoms with E-state index in [2.05, 4.69) is 21.2 Å². The normalized spacial score (nSPS) is 26.0. The fourth-order valence-electron chi connectivity index (χ4n) is 2.55. The van der Waals surface area contributed by atoms with Crippen LogP contribution in [0.15, 0.2) is 20.0 Å². The van der Waals surface area contributed by atoms with Gasteiger partial charge in [-0.3, -0.25) is 4.79 Å². The maximum absolute atomic E-state index is 12.2. The van der Waals surface area contributed by atoms with Crippen LogP contribution in [0, 0.1) is 5.92 Å². The number of furan rings is 1. The first-order valence-electron chi connectivity index (χ1n) is 6.61. The van der Waals surface area contributed by atoms with Crippen LogP contribution in [0.5, 0.6) is 0 Å². The second-order valence-corrected chi connectivity index (χ2v) is 7.59. The summed E-state index contributed by atoms with van der Waals surface area (Å²) < 4.78 is 33.3. The third-order valence-corrected chi connectivity index (χ3v) is 5.49. The molecule has 2 aliphatic rings. The number of halogens is 1. The average molecular weight is 379 g/mol. The number of primary sulfonamides is 1. The van der Waals surface area contributed by atoms with Gasteiger partial charge >= 0.3 is 0 Å². The molecule has 0 spiro atoms. The van der Waals surface area contributed by atoms with Crippen molar-refractivity contribution in [2.24, 2.45) is 11.1 Å². The van der Waals surface area contributed by atoms with Crippen molar-refractivity contribution in [2.45, 2.75) is 36.3 Å². The maximum atomic E-state index is 12.2. The summed E-state index contributed by atoms with van der Waals surface area (Å²) in [4.78, 5) is 11.9. The highest BCUT2D eigenvalue weighted by molar-refractivity contribution is 9.10. The summed E-state index contributed by atoms with van der Waals surface area (Å²) in [6.07, 6.45) is 3.04. The van der Waals surface area contributed by atoms with E-state index in [1.165, 1.54) is 0 Å². The van der Waals surface area contributed by atoms with Crippen molar-refractivity contribution < 1.29 is 22.4 Å². The average Bonchev–Trinajstić information content (AvgIpc) is 2.99. The van der Waals surface area contributed by atoms with Crippen molar-refractivity contribution in [3.63, 3.8) is 0 Å². The highest BCUT2D eigenvalue weighted by Gasteiger charge is 2.41. The summed E-state index contributed by atoms with van der Waals surface area (Å²) >= 11 is 2.95. The van der Waals surface area contributed by atoms with Crippen LogP contribution in [0.4, 0.5) is 0 Å². The Bertz CT molecular complexity index is 667. The summed E-state index contributed by atoms with van der Waals surface area (Å²) in [5.74, 6) is -0.0415. The van der Waals surface area contributed by atoms with Crippen molar-refractivity contribution in [2.75, 3.05) is 6.61 Å². The molecule has 3 rings (SSSR count). The van der Waals surface area contributed by atoms with Crippen molar-refractivity contribution in [3.8, 4) is 0 Å². The first kappa shape index (κ1) is 15.0. The summed E-state index contributed by atoms with van der Waals surface area (Å²) in [7, 11) is -3.93. The first-order chi connectivity index (χ1) is 9.86. The third kappa shape index (κ3) is 3.15. The smallest absolute Gasteiger partial charge is 0.287 e. The molecule has 0 bridgehead atoms. The Morgan fingerprint density at radius 2 is 2.10 bits per heavy atom. The Kier molecular flexibility index (Phi) is 3.85. The van der Waals surface area contributed by atoms with Crippen LogP contribution in [0.3, 0.4) is 0 Å². The molecule has 1 amide bonds. The Morgan fingerprint density at radius 1 is 1.38 bits per heavy atom. The second kappa shape index (κ2) is 5.38. The molecule has 1 saturated heterocycles. The van der Waals surface area contributed by atoms with Gasteiger partial charge in [0.1, 0.15) is 4.90 Å².